The van der Waals surface area contributed by atoms with Gasteiger partial charge in [-0.2, -0.15) is 4.89 Å². The predicted molar refractivity (Wildman–Crippen MR) is 25.6 cm³/mol. The van der Waals surface area contributed by atoms with Crippen molar-refractivity contribution in [3.8, 4) is 0 Å². The zero-order chi connectivity index (χ0) is 6.57. The summed E-state index contributed by atoms with van der Waals surface area (Å²) in [6, 6.07) is 0. The van der Waals surface area contributed by atoms with Crippen LogP contribution in [-0.2, 0) is 14.6 Å². The minimum atomic E-state index is -1.06. The molecule has 1 atom stereocenters. The summed E-state index contributed by atoms with van der Waals surface area (Å²) in [5.41, 5.74) is 0. The normalized spacial score (nSPS) is 11.4. The van der Waals surface area contributed by atoms with Gasteiger partial charge in [0.2, 0.25) is 0 Å². The van der Waals surface area contributed by atoms with Gasteiger partial charge in [-0.3, -0.25) is 4.89 Å². The van der Waals surface area contributed by atoms with Crippen molar-refractivity contribution >= 4 is 5.97 Å². The number of rotatable bonds is 2. The Labute approximate surface area is 76.8 Å². The van der Waals surface area contributed by atoms with Crippen molar-refractivity contribution < 1.29 is 50.7 Å². The van der Waals surface area contributed by atoms with Crippen LogP contribution in [0.4, 0.5) is 0 Å². The van der Waals surface area contributed by atoms with Gasteiger partial charge in [0.1, 0.15) is 0 Å². The Morgan fingerprint density at radius 1 is 1.78 bits per heavy atom. The van der Waals surface area contributed by atoms with Crippen LogP contribution in [0.5, 0.6) is 0 Å². The quantitative estimate of drug-likeness (QED) is 0.193. The Balaban J connectivity index is -0.000000245. The summed E-state index contributed by atoms with van der Waals surface area (Å²) in [4.78, 5) is 17.8. The van der Waals surface area contributed by atoms with Gasteiger partial charge >= 0.3 is 35.5 Å². The molecule has 0 aromatic heterocycles. The summed E-state index contributed by atoms with van der Waals surface area (Å²) < 4.78 is 0. The van der Waals surface area contributed by atoms with E-state index in [4.69, 9.17) is 5.11 Å². The summed E-state index contributed by atoms with van der Waals surface area (Å²) in [7, 11) is 0. The number of carbonyl (C=O) groups excluding carboxylic acids is 1. The first-order valence-corrected chi connectivity index (χ1v) is 2.15. The van der Waals surface area contributed by atoms with Crippen molar-refractivity contribution in [1.82, 2.24) is 0 Å². The SMILES string of the molecule is CC(=O)OOC(C)O.[H-].[Na+]. The first-order valence-electron chi connectivity index (χ1n) is 2.15. The van der Waals surface area contributed by atoms with Gasteiger partial charge in [0.15, 0.2) is 6.29 Å². The first-order chi connectivity index (χ1) is 3.63. The smallest absolute Gasteiger partial charge is 1.00 e. The third-order valence-corrected chi connectivity index (χ3v) is 0.305. The van der Waals surface area contributed by atoms with Crippen molar-refractivity contribution in [2.75, 3.05) is 0 Å². The molecule has 0 aliphatic rings. The van der Waals surface area contributed by atoms with Crippen molar-refractivity contribution in [1.29, 1.82) is 0 Å². The van der Waals surface area contributed by atoms with E-state index in [-0.39, 0.29) is 31.0 Å². The van der Waals surface area contributed by atoms with Crippen LogP contribution in [-0.4, -0.2) is 17.4 Å². The van der Waals surface area contributed by atoms with Crippen molar-refractivity contribution in [2.24, 2.45) is 0 Å². The summed E-state index contributed by atoms with van der Waals surface area (Å²) >= 11 is 0. The molecule has 0 heterocycles. The molecule has 0 aliphatic heterocycles. The Bertz CT molecular complexity index is 87.3. The molecule has 0 saturated heterocycles. The van der Waals surface area contributed by atoms with E-state index in [1.165, 1.54) is 13.8 Å². The minimum Gasteiger partial charge on any atom is -1.00 e. The third kappa shape index (κ3) is 11.8. The summed E-state index contributed by atoms with van der Waals surface area (Å²) in [6.07, 6.45) is -1.06. The van der Waals surface area contributed by atoms with Gasteiger partial charge in [-0.1, -0.05) is 0 Å². The summed E-state index contributed by atoms with van der Waals surface area (Å²) in [5, 5.41) is 8.30. The van der Waals surface area contributed by atoms with Crippen LogP contribution in [0.15, 0.2) is 0 Å². The van der Waals surface area contributed by atoms with Gasteiger partial charge in [0.05, 0.1) is 0 Å². The molecule has 0 spiro atoms. The predicted octanol–water partition coefficient (Wildman–Crippen LogP) is -3.06. The van der Waals surface area contributed by atoms with Crippen LogP contribution in [0.2, 0.25) is 0 Å². The van der Waals surface area contributed by atoms with E-state index in [0.29, 0.717) is 0 Å². The standard InChI is InChI=1S/C4H8O4.Na.H/c1-3(5)7-8-4(2)6;;/h3,5H,1-2H3;;/q;+1;-1. The number of aliphatic hydroxyl groups is 1. The molecule has 0 aromatic rings. The molecule has 0 amide bonds. The fourth-order valence-corrected chi connectivity index (χ4v) is 0.137. The molecule has 4 nitrogen and oxygen atoms in total. The number of aliphatic hydroxyl groups excluding tert-OH is 1. The molecule has 0 fully saturated rings. The number of hydrogen-bond acceptors (Lipinski definition) is 4. The first kappa shape index (κ1) is 12.1. The van der Waals surface area contributed by atoms with Crippen molar-refractivity contribution in [3.05, 3.63) is 0 Å². The zero-order valence-corrected chi connectivity index (χ0v) is 7.75. The number of hydrogen-bond donors (Lipinski definition) is 1. The van der Waals surface area contributed by atoms with Crippen LogP contribution in [0.3, 0.4) is 0 Å². The van der Waals surface area contributed by atoms with Crippen LogP contribution < -0.4 is 29.6 Å². The Morgan fingerprint density at radius 3 is 2.33 bits per heavy atom. The Morgan fingerprint density at radius 2 is 2.22 bits per heavy atom. The van der Waals surface area contributed by atoms with E-state index < -0.39 is 12.3 Å². The van der Waals surface area contributed by atoms with Crippen molar-refractivity contribution in [2.45, 2.75) is 20.1 Å². The second-order valence-corrected chi connectivity index (χ2v) is 1.27. The Kier molecular flexibility index (Phi) is 8.75. The Hall–Kier alpha value is 0.390. The molecule has 0 rings (SSSR count). The van der Waals surface area contributed by atoms with E-state index >= 15 is 0 Å². The second kappa shape index (κ2) is 6.51. The van der Waals surface area contributed by atoms with Gasteiger partial charge < -0.3 is 6.53 Å². The maximum absolute atomic E-state index is 9.89. The molecule has 0 radical (unpaired) electrons. The maximum atomic E-state index is 9.89. The molecule has 50 valence electrons. The molecule has 0 saturated carbocycles. The topological polar surface area (TPSA) is 55.8 Å². The van der Waals surface area contributed by atoms with Gasteiger partial charge in [-0.15, -0.1) is 0 Å². The van der Waals surface area contributed by atoms with Gasteiger partial charge in [-0.25, -0.2) is 4.79 Å². The average Bonchev–Trinajstić information content (AvgIpc) is 1.61. The molecular weight excluding hydrogens is 135 g/mol. The van der Waals surface area contributed by atoms with Crippen LogP contribution in [0.25, 0.3) is 0 Å². The van der Waals surface area contributed by atoms with Crippen LogP contribution in [0, 0.1) is 0 Å². The van der Waals surface area contributed by atoms with E-state index in [1.807, 2.05) is 0 Å². The van der Waals surface area contributed by atoms with E-state index in [2.05, 4.69) is 9.78 Å². The van der Waals surface area contributed by atoms with Crippen molar-refractivity contribution in [3.63, 3.8) is 0 Å². The van der Waals surface area contributed by atoms with Crippen LogP contribution >= 0.6 is 0 Å². The molecular formula is C4H9NaO4. The fourth-order valence-electron chi connectivity index (χ4n) is 0.137. The molecule has 5 heteroatoms. The number of carbonyl (C=O) groups is 1. The average molecular weight is 144 g/mol. The van der Waals surface area contributed by atoms with Gasteiger partial charge in [-0.05, 0) is 6.92 Å². The third-order valence-electron chi connectivity index (χ3n) is 0.305. The molecule has 1 unspecified atom stereocenters. The summed E-state index contributed by atoms with van der Waals surface area (Å²) in [6.45, 7) is 2.52. The fraction of sp³-hybridized carbons (Fsp3) is 0.750. The zero-order valence-electron chi connectivity index (χ0n) is 6.75. The molecule has 1 N–H and O–H groups in total. The monoisotopic (exact) mass is 144 g/mol. The van der Waals surface area contributed by atoms with Crippen LogP contribution in [0.1, 0.15) is 15.3 Å². The van der Waals surface area contributed by atoms with Gasteiger partial charge in [0.25, 0.3) is 0 Å². The summed E-state index contributed by atoms with van der Waals surface area (Å²) in [5.74, 6) is -0.578. The van der Waals surface area contributed by atoms with E-state index in [1.54, 1.807) is 0 Å². The van der Waals surface area contributed by atoms with Gasteiger partial charge in [0, 0.05) is 6.92 Å². The molecule has 0 bridgehead atoms. The second-order valence-electron chi connectivity index (χ2n) is 1.27. The molecule has 0 aliphatic carbocycles. The van der Waals surface area contributed by atoms with E-state index in [0.717, 1.165) is 0 Å². The molecule has 9 heavy (non-hydrogen) atoms. The maximum Gasteiger partial charge on any atom is 1.00 e. The van der Waals surface area contributed by atoms with E-state index in [9.17, 15) is 4.79 Å². The molecule has 0 aromatic carbocycles. The largest absolute Gasteiger partial charge is 1.00 e. The minimum absolute atomic E-state index is 0.